The van der Waals surface area contributed by atoms with E-state index in [2.05, 4.69) is 10.3 Å². The van der Waals surface area contributed by atoms with Gasteiger partial charge in [0.25, 0.3) is 0 Å². The summed E-state index contributed by atoms with van der Waals surface area (Å²) in [6, 6.07) is 6.95. The Morgan fingerprint density at radius 2 is 2.00 bits per heavy atom. The summed E-state index contributed by atoms with van der Waals surface area (Å²) in [6.07, 6.45) is 3.39. The van der Waals surface area contributed by atoms with Gasteiger partial charge in [-0.2, -0.15) is 0 Å². The normalized spacial score (nSPS) is 12.4. The van der Waals surface area contributed by atoms with E-state index in [4.69, 9.17) is 0 Å². The van der Waals surface area contributed by atoms with E-state index in [0.717, 1.165) is 30.2 Å². The first-order valence-electron chi connectivity index (χ1n) is 7.29. The third-order valence-electron chi connectivity index (χ3n) is 3.45. The molecule has 1 N–H and O–H groups in total. The highest BCUT2D eigenvalue weighted by Gasteiger charge is 2.21. The van der Waals surface area contributed by atoms with E-state index in [9.17, 15) is 8.78 Å². The van der Waals surface area contributed by atoms with Crippen LogP contribution >= 0.6 is 0 Å². The van der Waals surface area contributed by atoms with Crippen molar-refractivity contribution in [2.45, 2.75) is 32.7 Å². The van der Waals surface area contributed by atoms with Crippen LogP contribution < -0.4 is 5.32 Å². The van der Waals surface area contributed by atoms with Gasteiger partial charge in [-0.1, -0.05) is 19.9 Å². The van der Waals surface area contributed by atoms with Crippen LogP contribution in [0, 0.1) is 11.6 Å². The number of hydrogen-bond donors (Lipinski definition) is 1. The zero-order valence-electron chi connectivity index (χ0n) is 12.4. The number of aromatic nitrogens is 1. The van der Waals surface area contributed by atoms with Crippen LogP contribution in [0.15, 0.2) is 36.5 Å². The molecule has 112 valence electrons. The molecule has 21 heavy (non-hydrogen) atoms. The first-order valence-corrected chi connectivity index (χ1v) is 7.29. The average Bonchev–Trinajstić information content (AvgIpc) is 2.51. The standard InChI is InChI=1S/C17H20F2N2/c1-3-9-20-17(14-11-13(18)7-8-15(14)19)16-12(4-2)6-5-10-21-16/h5-8,10-11,17,20H,3-4,9H2,1-2H3. The predicted octanol–water partition coefficient (Wildman–Crippen LogP) is 4.01. The third-order valence-corrected chi connectivity index (χ3v) is 3.45. The first-order chi connectivity index (χ1) is 10.2. The second-order valence-electron chi connectivity index (χ2n) is 4.95. The molecule has 2 aromatic rings. The maximum absolute atomic E-state index is 14.1. The van der Waals surface area contributed by atoms with Crippen molar-refractivity contribution in [1.29, 1.82) is 0 Å². The van der Waals surface area contributed by atoms with Gasteiger partial charge in [0.1, 0.15) is 11.6 Å². The molecule has 0 radical (unpaired) electrons. The highest BCUT2D eigenvalue weighted by molar-refractivity contribution is 5.34. The number of rotatable bonds is 6. The van der Waals surface area contributed by atoms with Crippen molar-refractivity contribution in [1.82, 2.24) is 10.3 Å². The quantitative estimate of drug-likeness (QED) is 0.869. The van der Waals surface area contributed by atoms with Crippen LogP contribution in [-0.4, -0.2) is 11.5 Å². The molecule has 0 saturated carbocycles. The van der Waals surface area contributed by atoms with Gasteiger partial charge in [0.2, 0.25) is 0 Å². The lowest BCUT2D eigenvalue weighted by Gasteiger charge is -2.21. The molecule has 4 heteroatoms. The first kappa shape index (κ1) is 15.6. The van der Waals surface area contributed by atoms with Crippen LogP contribution in [0.1, 0.15) is 43.1 Å². The number of pyridine rings is 1. The van der Waals surface area contributed by atoms with Crippen molar-refractivity contribution < 1.29 is 8.78 Å². The zero-order valence-corrected chi connectivity index (χ0v) is 12.4. The lowest BCUT2D eigenvalue weighted by molar-refractivity contribution is 0.526. The summed E-state index contributed by atoms with van der Waals surface area (Å²) in [5.74, 6) is -0.860. The molecule has 0 fully saturated rings. The van der Waals surface area contributed by atoms with Gasteiger partial charge in [0, 0.05) is 11.8 Å². The Morgan fingerprint density at radius 1 is 1.19 bits per heavy atom. The van der Waals surface area contributed by atoms with E-state index in [0.29, 0.717) is 12.1 Å². The van der Waals surface area contributed by atoms with Crippen LogP contribution in [0.4, 0.5) is 8.78 Å². The molecule has 1 unspecified atom stereocenters. The van der Waals surface area contributed by atoms with Gasteiger partial charge < -0.3 is 5.32 Å². The van der Waals surface area contributed by atoms with Gasteiger partial charge in [-0.3, -0.25) is 4.98 Å². The summed E-state index contributed by atoms with van der Waals surface area (Å²) >= 11 is 0. The van der Waals surface area contributed by atoms with Gasteiger partial charge in [0.15, 0.2) is 0 Å². The molecule has 1 heterocycles. The van der Waals surface area contributed by atoms with E-state index in [1.54, 1.807) is 6.20 Å². The summed E-state index contributed by atoms with van der Waals surface area (Å²) in [5.41, 5.74) is 2.10. The average molecular weight is 290 g/mol. The van der Waals surface area contributed by atoms with Crippen molar-refractivity contribution in [3.63, 3.8) is 0 Å². The molecule has 0 spiro atoms. The van der Waals surface area contributed by atoms with Crippen LogP contribution in [0.5, 0.6) is 0 Å². The molecule has 1 aromatic carbocycles. The van der Waals surface area contributed by atoms with E-state index < -0.39 is 17.7 Å². The Morgan fingerprint density at radius 3 is 2.71 bits per heavy atom. The Hall–Kier alpha value is -1.81. The van der Waals surface area contributed by atoms with Crippen molar-refractivity contribution in [3.8, 4) is 0 Å². The Labute approximate surface area is 124 Å². The molecule has 1 atom stereocenters. The molecule has 0 bridgehead atoms. The second-order valence-corrected chi connectivity index (χ2v) is 4.95. The maximum Gasteiger partial charge on any atom is 0.128 e. The number of benzene rings is 1. The van der Waals surface area contributed by atoms with Crippen LogP contribution in [-0.2, 0) is 6.42 Å². The van der Waals surface area contributed by atoms with Gasteiger partial charge in [-0.05, 0) is 49.2 Å². The van der Waals surface area contributed by atoms with Crippen molar-refractivity contribution >= 4 is 0 Å². The minimum absolute atomic E-state index is 0.303. The minimum Gasteiger partial charge on any atom is -0.305 e. The Kier molecular flexibility index (Phi) is 5.39. The van der Waals surface area contributed by atoms with E-state index in [1.807, 2.05) is 26.0 Å². The molecule has 2 rings (SSSR count). The SMILES string of the molecule is CCCNC(c1cc(F)ccc1F)c1ncccc1CC. The zero-order chi connectivity index (χ0) is 15.2. The van der Waals surface area contributed by atoms with Gasteiger partial charge in [-0.15, -0.1) is 0 Å². The molecule has 0 saturated heterocycles. The number of nitrogens with zero attached hydrogens (tertiary/aromatic N) is 1. The fraction of sp³-hybridized carbons (Fsp3) is 0.353. The third kappa shape index (κ3) is 3.64. The molecule has 0 amide bonds. The Bertz CT molecular complexity index is 599. The largest absolute Gasteiger partial charge is 0.305 e. The Balaban J connectivity index is 2.49. The number of nitrogens with one attached hydrogen (secondary N) is 1. The van der Waals surface area contributed by atoms with E-state index in [-0.39, 0.29) is 0 Å². The van der Waals surface area contributed by atoms with Crippen molar-refractivity contribution in [2.24, 2.45) is 0 Å². The summed E-state index contributed by atoms with van der Waals surface area (Å²) in [4.78, 5) is 4.40. The number of hydrogen-bond acceptors (Lipinski definition) is 2. The second kappa shape index (κ2) is 7.27. The molecular weight excluding hydrogens is 270 g/mol. The lowest BCUT2D eigenvalue weighted by atomic mass is 9.97. The smallest absolute Gasteiger partial charge is 0.128 e. The molecule has 2 nitrogen and oxygen atoms in total. The van der Waals surface area contributed by atoms with E-state index in [1.165, 1.54) is 12.1 Å². The van der Waals surface area contributed by atoms with Gasteiger partial charge >= 0.3 is 0 Å². The van der Waals surface area contributed by atoms with Crippen LogP contribution in [0.2, 0.25) is 0 Å². The number of halogens is 2. The fourth-order valence-electron chi connectivity index (χ4n) is 2.39. The monoisotopic (exact) mass is 290 g/mol. The molecule has 1 aromatic heterocycles. The minimum atomic E-state index is -0.441. The van der Waals surface area contributed by atoms with Gasteiger partial charge in [0.05, 0.1) is 11.7 Å². The predicted molar refractivity (Wildman–Crippen MR) is 80.1 cm³/mol. The van der Waals surface area contributed by atoms with Crippen molar-refractivity contribution in [2.75, 3.05) is 6.54 Å². The topological polar surface area (TPSA) is 24.9 Å². The maximum atomic E-state index is 14.1. The lowest BCUT2D eigenvalue weighted by Crippen LogP contribution is -2.26. The molecule has 0 aliphatic rings. The fourth-order valence-corrected chi connectivity index (χ4v) is 2.39. The van der Waals surface area contributed by atoms with Crippen molar-refractivity contribution in [3.05, 3.63) is 65.0 Å². The molecular formula is C17H20F2N2. The number of aryl methyl sites for hydroxylation is 1. The molecule has 0 aliphatic carbocycles. The van der Waals surface area contributed by atoms with Crippen LogP contribution in [0.25, 0.3) is 0 Å². The molecule has 0 aliphatic heterocycles. The summed E-state index contributed by atoms with van der Waals surface area (Å²) in [5, 5.41) is 3.28. The summed E-state index contributed by atoms with van der Waals surface area (Å²) in [6.45, 7) is 4.77. The highest BCUT2D eigenvalue weighted by Crippen LogP contribution is 2.26. The highest BCUT2D eigenvalue weighted by atomic mass is 19.1. The van der Waals surface area contributed by atoms with Gasteiger partial charge in [-0.25, -0.2) is 8.78 Å². The van der Waals surface area contributed by atoms with E-state index >= 15 is 0 Å². The van der Waals surface area contributed by atoms with Crippen LogP contribution in [0.3, 0.4) is 0 Å². The summed E-state index contributed by atoms with van der Waals surface area (Å²) in [7, 11) is 0. The summed E-state index contributed by atoms with van der Waals surface area (Å²) < 4.78 is 27.6.